The van der Waals surface area contributed by atoms with E-state index < -0.39 is 24.7 Å². The molecule has 3 rings (SSSR count). The van der Waals surface area contributed by atoms with Crippen LogP contribution in [0.5, 0.6) is 0 Å². The Morgan fingerprint density at radius 1 is 1.07 bits per heavy atom. The molecule has 0 spiro atoms. The van der Waals surface area contributed by atoms with Crippen molar-refractivity contribution in [1.29, 1.82) is 0 Å². The van der Waals surface area contributed by atoms with Gasteiger partial charge in [-0.25, -0.2) is 0 Å². The second-order valence-corrected chi connectivity index (χ2v) is 7.49. The van der Waals surface area contributed by atoms with Crippen molar-refractivity contribution in [3.05, 3.63) is 0 Å². The molecule has 2 saturated heterocycles. The molecule has 2 atom stereocenters. The van der Waals surface area contributed by atoms with Crippen LogP contribution in [0, 0.1) is 11.8 Å². The minimum Gasteiger partial charge on any atom is -0.354 e. The number of hydrogen-bond acceptors (Lipinski definition) is 4. The van der Waals surface area contributed by atoms with E-state index in [1.54, 1.807) is 4.90 Å². The first kappa shape index (κ1) is 22.2. The summed E-state index contributed by atoms with van der Waals surface area (Å²) in [5.41, 5.74) is 0. The van der Waals surface area contributed by atoms with Gasteiger partial charge in [0.1, 0.15) is 6.04 Å². The van der Waals surface area contributed by atoms with Crippen molar-refractivity contribution in [3.63, 3.8) is 0 Å². The van der Waals surface area contributed by atoms with Gasteiger partial charge in [0.2, 0.25) is 11.8 Å². The topological polar surface area (TPSA) is 64.7 Å². The number of likely N-dealkylation sites (tertiary alicyclic amines) is 1. The molecule has 3 fully saturated rings. The minimum absolute atomic E-state index is 0. The van der Waals surface area contributed by atoms with Gasteiger partial charge < -0.3 is 15.5 Å². The summed E-state index contributed by atoms with van der Waals surface area (Å²) in [6.45, 7) is 2.19. The van der Waals surface area contributed by atoms with Crippen molar-refractivity contribution in [2.45, 2.75) is 37.9 Å². The summed E-state index contributed by atoms with van der Waals surface area (Å²) in [6.07, 6.45) is -1.24. The van der Waals surface area contributed by atoms with Gasteiger partial charge in [-0.3, -0.25) is 14.5 Å². The summed E-state index contributed by atoms with van der Waals surface area (Å²) in [4.78, 5) is 27.7. The molecule has 2 aliphatic heterocycles. The first-order chi connectivity index (χ1) is 12.4. The van der Waals surface area contributed by atoms with E-state index in [0.717, 1.165) is 19.3 Å². The van der Waals surface area contributed by atoms with Crippen LogP contribution in [-0.4, -0.2) is 79.6 Å². The normalized spacial score (nSPS) is 25.4. The highest BCUT2D eigenvalue weighted by atomic mass is 35.5. The zero-order valence-electron chi connectivity index (χ0n) is 15.3. The number of alkyl halides is 3. The van der Waals surface area contributed by atoms with Crippen LogP contribution >= 0.6 is 12.4 Å². The van der Waals surface area contributed by atoms with Gasteiger partial charge in [0, 0.05) is 51.7 Å². The molecule has 0 aromatic carbocycles. The lowest BCUT2D eigenvalue weighted by Crippen LogP contribution is -2.58. The van der Waals surface area contributed by atoms with Gasteiger partial charge in [0.05, 0.1) is 5.92 Å². The molecule has 2 amide bonds. The molecule has 0 aromatic rings. The molecule has 2 heterocycles. The summed E-state index contributed by atoms with van der Waals surface area (Å²) >= 11 is 0. The number of nitrogens with one attached hydrogen (secondary N) is 2. The Labute approximate surface area is 163 Å². The lowest BCUT2D eigenvalue weighted by atomic mass is 9.96. The van der Waals surface area contributed by atoms with Crippen LogP contribution in [0.4, 0.5) is 13.2 Å². The maximum Gasteiger partial charge on any atom is 0.405 e. The number of carbonyl (C=O) groups is 2. The molecule has 1 saturated carbocycles. The number of piperazine rings is 1. The summed E-state index contributed by atoms with van der Waals surface area (Å²) in [6, 6.07) is -1.67. The van der Waals surface area contributed by atoms with Crippen molar-refractivity contribution in [2.75, 3.05) is 45.8 Å². The molecule has 2 unspecified atom stereocenters. The van der Waals surface area contributed by atoms with Gasteiger partial charge in [-0.1, -0.05) is 0 Å². The fraction of sp³-hybridized carbons (Fsp3) is 0.882. The van der Waals surface area contributed by atoms with Crippen molar-refractivity contribution in [3.8, 4) is 0 Å². The molecule has 0 aromatic heterocycles. The minimum atomic E-state index is -4.38. The highest BCUT2D eigenvalue weighted by Gasteiger charge is 2.44. The largest absolute Gasteiger partial charge is 0.405 e. The first-order valence-corrected chi connectivity index (χ1v) is 9.44. The van der Waals surface area contributed by atoms with Gasteiger partial charge in [-0.05, 0) is 25.7 Å². The summed E-state index contributed by atoms with van der Waals surface area (Å²) < 4.78 is 40.2. The van der Waals surface area contributed by atoms with E-state index in [9.17, 15) is 22.8 Å². The average molecular weight is 413 g/mol. The Balaban J connectivity index is 0.00000261. The Bertz CT molecular complexity index is 525. The van der Waals surface area contributed by atoms with Crippen LogP contribution in [0.2, 0.25) is 0 Å². The molecule has 156 valence electrons. The van der Waals surface area contributed by atoms with Gasteiger partial charge in [0.15, 0.2) is 0 Å². The summed E-state index contributed by atoms with van der Waals surface area (Å²) in [5.74, 6) is -0.596. The van der Waals surface area contributed by atoms with Crippen molar-refractivity contribution >= 4 is 24.2 Å². The number of rotatable bonds is 5. The highest BCUT2D eigenvalue weighted by molar-refractivity contribution is 5.85. The number of piperidine rings is 1. The molecule has 2 N–H and O–H groups in total. The SMILES string of the molecule is Cl.O=C(NCC(N1CCNCC1)C(F)(F)F)C1CCCN(C(=O)C2CC2)C1. The number of amides is 2. The smallest absolute Gasteiger partial charge is 0.354 e. The Hall–Kier alpha value is -1.06. The van der Waals surface area contributed by atoms with E-state index >= 15 is 0 Å². The monoisotopic (exact) mass is 412 g/mol. The third kappa shape index (κ3) is 5.96. The van der Waals surface area contributed by atoms with Gasteiger partial charge in [0.25, 0.3) is 0 Å². The Kier molecular flexibility index (Phi) is 7.76. The second-order valence-electron chi connectivity index (χ2n) is 7.49. The molecule has 27 heavy (non-hydrogen) atoms. The quantitative estimate of drug-likeness (QED) is 0.707. The van der Waals surface area contributed by atoms with E-state index in [1.807, 2.05) is 0 Å². The highest BCUT2D eigenvalue weighted by Crippen LogP contribution is 2.32. The van der Waals surface area contributed by atoms with Gasteiger partial charge in [-0.15, -0.1) is 12.4 Å². The van der Waals surface area contributed by atoms with Crippen LogP contribution < -0.4 is 10.6 Å². The number of nitrogens with zero attached hydrogens (tertiary/aromatic N) is 2. The van der Waals surface area contributed by atoms with E-state index in [4.69, 9.17) is 0 Å². The van der Waals surface area contributed by atoms with Crippen LogP contribution in [-0.2, 0) is 9.59 Å². The zero-order valence-corrected chi connectivity index (χ0v) is 16.1. The average Bonchev–Trinajstić information content (AvgIpc) is 3.46. The van der Waals surface area contributed by atoms with Gasteiger partial charge in [-0.2, -0.15) is 13.2 Å². The maximum atomic E-state index is 13.4. The molecule has 6 nitrogen and oxygen atoms in total. The third-order valence-electron chi connectivity index (χ3n) is 5.47. The fourth-order valence-electron chi connectivity index (χ4n) is 3.77. The number of hydrogen-bond donors (Lipinski definition) is 2. The molecule has 0 bridgehead atoms. The van der Waals surface area contributed by atoms with Crippen LogP contribution in [0.1, 0.15) is 25.7 Å². The second kappa shape index (κ2) is 9.43. The molecular formula is C17H28ClF3N4O2. The van der Waals surface area contributed by atoms with E-state index in [-0.39, 0.29) is 30.1 Å². The van der Waals surface area contributed by atoms with E-state index in [0.29, 0.717) is 45.7 Å². The van der Waals surface area contributed by atoms with Gasteiger partial charge >= 0.3 is 6.18 Å². The first-order valence-electron chi connectivity index (χ1n) is 9.44. The van der Waals surface area contributed by atoms with E-state index in [2.05, 4.69) is 10.6 Å². The number of halogens is 4. The van der Waals surface area contributed by atoms with Crippen molar-refractivity contribution in [1.82, 2.24) is 20.4 Å². The van der Waals surface area contributed by atoms with Crippen molar-refractivity contribution < 1.29 is 22.8 Å². The fourth-order valence-corrected chi connectivity index (χ4v) is 3.77. The summed E-state index contributed by atoms with van der Waals surface area (Å²) in [7, 11) is 0. The molecule has 1 aliphatic carbocycles. The van der Waals surface area contributed by atoms with E-state index in [1.165, 1.54) is 4.90 Å². The zero-order chi connectivity index (χ0) is 18.7. The van der Waals surface area contributed by atoms with Crippen LogP contribution in [0.15, 0.2) is 0 Å². The van der Waals surface area contributed by atoms with Crippen LogP contribution in [0.25, 0.3) is 0 Å². The molecule has 3 aliphatic rings. The predicted molar refractivity (Wildman–Crippen MR) is 96.6 cm³/mol. The molecule has 0 radical (unpaired) electrons. The van der Waals surface area contributed by atoms with Crippen LogP contribution in [0.3, 0.4) is 0 Å². The lowest BCUT2D eigenvalue weighted by molar-refractivity contribution is -0.184. The maximum absolute atomic E-state index is 13.4. The Morgan fingerprint density at radius 2 is 1.74 bits per heavy atom. The Morgan fingerprint density at radius 3 is 2.33 bits per heavy atom. The molecule has 10 heteroatoms. The standard InChI is InChI=1S/C17H27F3N4O2.ClH/c18-17(19,20)14(23-8-5-21-6-9-23)10-22-15(25)13-2-1-7-24(11-13)16(26)12-3-4-12;/h12-14,21H,1-11H2,(H,22,25);1H. The summed E-state index contributed by atoms with van der Waals surface area (Å²) in [5, 5.41) is 5.54. The third-order valence-corrected chi connectivity index (χ3v) is 5.47. The molecular weight excluding hydrogens is 385 g/mol. The number of carbonyl (C=O) groups excluding carboxylic acids is 2. The van der Waals surface area contributed by atoms with Crippen molar-refractivity contribution in [2.24, 2.45) is 11.8 Å². The lowest BCUT2D eigenvalue weighted by Gasteiger charge is -2.36. The predicted octanol–water partition coefficient (Wildman–Crippen LogP) is 1.01.